The molecule has 1 heteroatoms. The standard InChI is InChI=1S/C9H21N.C2H6/c1-5-9(4)10-7-6-8(2)3;1-2/h8-10H,5-7H2,1-4H3;1-2H3. The van der Waals surface area contributed by atoms with Crippen LogP contribution < -0.4 is 5.32 Å². The van der Waals surface area contributed by atoms with Gasteiger partial charge in [0.1, 0.15) is 0 Å². The van der Waals surface area contributed by atoms with Crippen molar-refractivity contribution in [3.8, 4) is 0 Å². The van der Waals surface area contributed by atoms with Crippen LogP contribution in [0.1, 0.15) is 54.4 Å². The number of hydrogen-bond acceptors (Lipinski definition) is 1. The summed E-state index contributed by atoms with van der Waals surface area (Å²) in [4.78, 5) is 0. The lowest BCUT2D eigenvalue weighted by molar-refractivity contribution is 0.479. The minimum absolute atomic E-state index is 0.693. The van der Waals surface area contributed by atoms with Crippen LogP contribution >= 0.6 is 0 Å². The van der Waals surface area contributed by atoms with Crippen LogP contribution in [-0.4, -0.2) is 12.6 Å². The first kappa shape index (κ1) is 14.5. The number of nitrogens with one attached hydrogen (secondary N) is 1. The molecule has 0 heterocycles. The molecule has 1 N–H and O–H groups in total. The minimum Gasteiger partial charge on any atom is -0.314 e. The molecule has 1 atom stereocenters. The second-order valence-corrected chi connectivity index (χ2v) is 3.45. The van der Waals surface area contributed by atoms with Crippen LogP contribution in [0.4, 0.5) is 0 Å². The predicted octanol–water partition coefficient (Wildman–Crippen LogP) is 3.45. The molecule has 0 spiro atoms. The molecule has 12 heavy (non-hydrogen) atoms. The Morgan fingerprint density at radius 1 is 1.08 bits per heavy atom. The zero-order valence-electron chi connectivity index (χ0n) is 9.78. The van der Waals surface area contributed by atoms with Gasteiger partial charge in [-0.15, -0.1) is 0 Å². The van der Waals surface area contributed by atoms with Crippen molar-refractivity contribution < 1.29 is 0 Å². The third kappa shape index (κ3) is 12.6. The fourth-order valence-electron chi connectivity index (χ4n) is 0.763. The summed E-state index contributed by atoms with van der Waals surface area (Å²) in [6.45, 7) is 14.1. The van der Waals surface area contributed by atoms with E-state index in [-0.39, 0.29) is 0 Å². The van der Waals surface area contributed by atoms with Crippen molar-refractivity contribution in [2.75, 3.05) is 6.54 Å². The Morgan fingerprint density at radius 2 is 1.58 bits per heavy atom. The third-order valence-electron chi connectivity index (χ3n) is 1.83. The van der Waals surface area contributed by atoms with Gasteiger partial charge < -0.3 is 5.32 Å². The summed E-state index contributed by atoms with van der Waals surface area (Å²) in [5.74, 6) is 0.830. The molecule has 0 aliphatic heterocycles. The number of hydrogen-bond donors (Lipinski definition) is 1. The highest BCUT2D eigenvalue weighted by molar-refractivity contribution is 4.57. The third-order valence-corrected chi connectivity index (χ3v) is 1.83. The van der Waals surface area contributed by atoms with Crippen LogP contribution in [0.2, 0.25) is 0 Å². The first-order valence-electron chi connectivity index (χ1n) is 5.40. The maximum Gasteiger partial charge on any atom is 0.00361 e. The van der Waals surface area contributed by atoms with Crippen molar-refractivity contribution in [2.45, 2.75) is 60.4 Å². The minimum atomic E-state index is 0.693. The lowest BCUT2D eigenvalue weighted by atomic mass is 10.1. The summed E-state index contributed by atoms with van der Waals surface area (Å²) in [6.07, 6.45) is 2.53. The molecule has 0 aromatic rings. The molecule has 1 nitrogen and oxygen atoms in total. The quantitative estimate of drug-likeness (QED) is 0.671. The Labute approximate surface area is 78.9 Å². The van der Waals surface area contributed by atoms with Crippen molar-refractivity contribution in [3.63, 3.8) is 0 Å². The van der Waals surface area contributed by atoms with Crippen LogP contribution in [0.25, 0.3) is 0 Å². The van der Waals surface area contributed by atoms with Gasteiger partial charge in [-0.2, -0.15) is 0 Å². The maximum absolute atomic E-state index is 3.46. The van der Waals surface area contributed by atoms with Gasteiger partial charge in [0.05, 0.1) is 0 Å². The fourth-order valence-corrected chi connectivity index (χ4v) is 0.763. The first-order valence-corrected chi connectivity index (χ1v) is 5.40. The van der Waals surface area contributed by atoms with Gasteiger partial charge >= 0.3 is 0 Å². The fraction of sp³-hybridized carbons (Fsp3) is 1.00. The van der Waals surface area contributed by atoms with Crippen LogP contribution in [0, 0.1) is 5.92 Å². The second kappa shape index (κ2) is 11.0. The lowest BCUT2D eigenvalue weighted by Gasteiger charge is -2.11. The summed E-state index contributed by atoms with van der Waals surface area (Å²) in [7, 11) is 0. The van der Waals surface area contributed by atoms with Gasteiger partial charge in [-0.3, -0.25) is 0 Å². The van der Waals surface area contributed by atoms with E-state index in [1.54, 1.807) is 0 Å². The molecule has 0 saturated heterocycles. The summed E-state index contributed by atoms with van der Waals surface area (Å²) >= 11 is 0. The van der Waals surface area contributed by atoms with E-state index in [4.69, 9.17) is 0 Å². The zero-order valence-corrected chi connectivity index (χ0v) is 9.78. The summed E-state index contributed by atoms with van der Waals surface area (Å²) in [5.41, 5.74) is 0. The van der Waals surface area contributed by atoms with Crippen LogP contribution in [0.5, 0.6) is 0 Å². The molecule has 0 amide bonds. The Morgan fingerprint density at radius 3 is 1.92 bits per heavy atom. The Bertz CT molecular complexity index is 69.4. The average Bonchev–Trinajstić information content (AvgIpc) is 2.07. The molecule has 76 valence electrons. The van der Waals surface area contributed by atoms with E-state index in [0.717, 1.165) is 5.92 Å². The summed E-state index contributed by atoms with van der Waals surface area (Å²) in [6, 6.07) is 0.693. The molecule has 0 rings (SSSR count). The van der Waals surface area contributed by atoms with Crippen LogP contribution in [0.15, 0.2) is 0 Å². The molecule has 0 bridgehead atoms. The lowest BCUT2D eigenvalue weighted by Crippen LogP contribution is -2.26. The van der Waals surface area contributed by atoms with E-state index in [1.165, 1.54) is 19.4 Å². The van der Waals surface area contributed by atoms with Crippen molar-refractivity contribution in [3.05, 3.63) is 0 Å². The van der Waals surface area contributed by atoms with Crippen LogP contribution in [0.3, 0.4) is 0 Å². The van der Waals surface area contributed by atoms with E-state index in [0.29, 0.717) is 6.04 Å². The van der Waals surface area contributed by atoms with Crippen molar-refractivity contribution in [2.24, 2.45) is 5.92 Å². The average molecular weight is 173 g/mol. The van der Waals surface area contributed by atoms with Gasteiger partial charge in [0.15, 0.2) is 0 Å². The Hall–Kier alpha value is -0.0400. The normalized spacial score (nSPS) is 12.2. The van der Waals surface area contributed by atoms with E-state index < -0.39 is 0 Å². The second-order valence-electron chi connectivity index (χ2n) is 3.45. The zero-order chi connectivity index (χ0) is 9.98. The monoisotopic (exact) mass is 173 g/mol. The van der Waals surface area contributed by atoms with E-state index in [1.807, 2.05) is 13.8 Å². The van der Waals surface area contributed by atoms with Crippen molar-refractivity contribution in [1.29, 1.82) is 0 Å². The first-order chi connectivity index (χ1) is 5.66. The molecule has 0 fully saturated rings. The topological polar surface area (TPSA) is 12.0 Å². The van der Waals surface area contributed by atoms with E-state index in [9.17, 15) is 0 Å². The van der Waals surface area contributed by atoms with Gasteiger partial charge in [0.25, 0.3) is 0 Å². The molecule has 0 radical (unpaired) electrons. The SMILES string of the molecule is CC.CCC(C)NCCC(C)C. The molecule has 1 unspecified atom stereocenters. The Kier molecular flexibility index (Phi) is 13.2. The highest BCUT2D eigenvalue weighted by Crippen LogP contribution is 1.97. The highest BCUT2D eigenvalue weighted by Gasteiger charge is 1.97. The van der Waals surface area contributed by atoms with Crippen LogP contribution in [-0.2, 0) is 0 Å². The Balaban J connectivity index is 0. The van der Waals surface area contributed by atoms with Gasteiger partial charge in [-0.05, 0) is 32.2 Å². The smallest absolute Gasteiger partial charge is 0.00361 e. The molecular formula is C11H27N. The molecule has 0 aliphatic rings. The maximum atomic E-state index is 3.46. The summed E-state index contributed by atoms with van der Waals surface area (Å²) in [5, 5.41) is 3.46. The van der Waals surface area contributed by atoms with Gasteiger partial charge in [0, 0.05) is 6.04 Å². The van der Waals surface area contributed by atoms with Crippen molar-refractivity contribution >= 4 is 0 Å². The van der Waals surface area contributed by atoms with E-state index >= 15 is 0 Å². The molecule has 0 saturated carbocycles. The molecule has 0 aromatic carbocycles. The van der Waals surface area contributed by atoms with Crippen molar-refractivity contribution in [1.82, 2.24) is 5.32 Å². The predicted molar refractivity (Wildman–Crippen MR) is 58.6 cm³/mol. The summed E-state index contributed by atoms with van der Waals surface area (Å²) < 4.78 is 0. The number of rotatable bonds is 5. The van der Waals surface area contributed by atoms with Gasteiger partial charge in [-0.25, -0.2) is 0 Å². The van der Waals surface area contributed by atoms with E-state index in [2.05, 4.69) is 33.0 Å². The molecular weight excluding hydrogens is 146 g/mol. The highest BCUT2D eigenvalue weighted by atomic mass is 14.9. The van der Waals surface area contributed by atoms with Gasteiger partial charge in [0.2, 0.25) is 0 Å². The largest absolute Gasteiger partial charge is 0.314 e. The molecule has 0 aliphatic carbocycles. The molecule has 0 aromatic heterocycles. The van der Waals surface area contributed by atoms with Gasteiger partial charge in [-0.1, -0.05) is 34.6 Å².